The summed E-state index contributed by atoms with van der Waals surface area (Å²) in [5.41, 5.74) is 1.01. The van der Waals surface area contributed by atoms with Crippen molar-refractivity contribution < 1.29 is 9.53 Å². The van der Waals surface area contributed by atoms with Crippen LogP contribution in [0.3, 0.4) is 0 Å². The number of nitrogens with one attached hydrogen (secondary N) is 1. The predicted molar refractivity (Wildman–Crippen MR) is 69.8 cm³/mol. The van der Waals surface area contributed by atoms with Crippen molar-refractivity contribution in [2.45, 2.75) is 45.4 Å². The Morgan fingerprint density at radius 3 is 2.71 bits per heavy atom. The molecular formula is C14H25NO2. The van der Waals surface area contributed by atoms with Crippen LogP contribution in [0, 0.1) is 5.92 Å². The zero-order valence-electron chi connectivity index (χ0n) is 11.0. The first-order valence-electron chi connectivity index (χ1n) is 6.67. The second-order valence-electron chi connectivity index (χ2n) is 5.07. The molecule has 0 saturated heterocycles. The second kappa shape index (κ2) is 8.29. The smallest absolute Gasteiger partial charge is 0.220 e. The molecule has 1 rings (SSSR count). The average molecular weight is 239 g/mol. The van der Waals surface area contributed by atoms with Crippen LogP contribution in [0.25, 0.3) is 0 Å². The normalized spacial score (nSPS) is 16.8. The summed E-state index contributed by atoms with van der Waals surface area (Å²) in [6.07, 6.45) is 7.06. The SMILES string of the molecule is C=C(C)COCCNC(=O)CC1CCCCC1. The fourth-order valence-electron chi connectivity index (χ4n) is 2.23. The van der Waals surface area contributed by atoms with Crippen LogP contribution < -0.4 is 5.32 Å². The van der Waals surface area contributed by atoms with Crippen LogP contribution in [0.2, 0.25) is 0 Å². The fraction of sp³-hybridized carbons (Fsp3) is 0.786. The quantitative estimate of drug-likeness (QED) is 0.548. The number of hydrogen-bond donors (Lipinski definition) is 1. The predicted octanol–water partition coefficient (Wildman–Crippen LogP) is 2.67. The van der Waals surface area contributed by atoms with Crippen molar-refractivity contribution in [2.75, 3.05) is 19.8 Å². The summed E-state index contributed by atoms with van der Waals surface area (Å²) in [4.78, 5) is 11.6. The highest BCUT2D eigenvalue weighted by molar-refractivity contribution is 5.76. The summed E-state index contributed by atoms with van der Waals surface area (Å²) in [7, 11) is 0. The molecule has 0 aromatic rings. The minimum Gasteiger partial charge on any atom is -0.375 e. The van der Waals surface area contributed by atoms with E-state index in [0.717, 1.165) is 5.57 Å². The molecule has 17 heavy (non-hydrogen) atoms. The number of amides is 1. The Balaban J connectivity index is 1.98. The van der Waals surface area contributed by atoms with Crippen molar-refractivity contribution in [3.63, 3.8) is 0 Å². The monoisotopic (exact) mass is 239 g/mol. The first-order chi connectivity index (χ1) is 8.18. The molecule has 0 bridgehead atoms. The van der Waals surface area contributed by atoms with E-state index in [0.29, 0.717) is 32.1 Å². The van der Waals surface area contributed by atoms with Crippen LogP contribution in [0.4, 0.5) is 0 Å². The molecule has 1 aliphatic rings. The van der Waals surface area contributed by atoms with Crippen LogP contribution in [0.1, 0.15) is 45.4 Å². The van der Waals surface area contributed by atoms with Gasteiger partial charge in [0.2, 0.25) is 5.91 Å². The molecule has 0 radical (unpaired) electrons. The lowest BCUT2D eigenvalue weighted by Crippen LogP contribution is -2.29. The van der Waals surface area contributed by atoms with E-state index >= 15 is 0 Å². The number of carbonyl (C=O) groups is 1. The van der Waals surface area contributed by atoms with Gasteiger partial charge >= 0.3 is 0 Å². The molecular weight excluding hydrogens is 214 g/mol. The van der Waals surface area contributed by atoms with E-state index in [1.807, 2.05) is 6.92 Å². The van der Waals surface area contributed by atoms with Gasteiger partial charge in [-0.05, 0) is 25.7 Å². The van der Waals surface area contributed by atoms with Gasteiger partial charge in [0.15, 0.2) is 0 Å². The first kappa shape index (κ1) is 14.2. The van der Waals surface area contributed by atoms with Crippen LogP contribution in [-0.2, 0) is 9.53 Å². The maximum Gasteiger partial charge on any atom is 0.220 e. The third kappa shape index (κ3) is 7.16. The zero-order valence-corrected chi connectivity index (χ0v) is 11.0. The molecule has 0 heterocycles. The van der Waals surface area contributed by atoms with Gasteiger partial charge in [-0.15, -0.1) is 0 Å². The van der Waals surface area contributed by atoms with Crippen molar-refractivity contribution in [1.82, 2.24) is 5.32 Å². The van der Waals surface area contributed by atoms with Crippen LogP contribution >= 0.6 is 0 Å². The van der Waals surface area contributed by atoms with E-state index < -0.39 is 0 Å². The molecule has 3 heteroatoms. The van der Waals surface area contributed by atoms with E-state index in [9.17, 15) is 4.79 Å². The number of hydrogen-bond acceptors (Lipinski definition) is 2. The lowest BCUT2D eigenvalue weighted by Gasteiger charge is -2.20. The lowest BCUT2D eigenvalue weighted by atomic mass is 9.87. The minimum absolute atomic E-state index is 0.177. The molecule has 3 nitrogen and oxygen atoms in total. The second-order valence-corrected chi connectivity index (χ2v) is 5.07. The Kier molecular flexibility index (Phi) is 6.94. The summed E-state index contributed by atoms with van der Waals surface area (Å²) in [5.74, 6) is 0.788. The largest absolute Gasteiger partial charge is 0.375 e. The van der Waals surface area contributed by atoms with E-state index in [-0.39, 0.29) is 5.91 Å². The Labute approximate surface area is 105 Å². The van der Waals surface area contributed by atoms with Crippen LogP contribution in [0.15, 0.2) is 12.2 Å². The molecule has 0 atom stereocenters. The molecule has 0 aromatic carbocycles. The summed E-state index contributed by atoms with van der Waals surface area (Å²) in [5, 5.41) is 2.91. The molecule has 0 aliphatic heterocycles. The third-order valence-electron chi connectivity index (χ3n) is 3.12. The molecule has 1 aliphatic carbocycles. The molecule has 1 N–H and O–H groups in total. The Hall–Kier alpha value is -0.830. The van der Waals surface area contributed by atoms with Gasteiger partial charge in [0.1, 0.15) is 0 Å². The van der Waals surface area contributed by atoms with Crippen molar-refractivity contribution in [2.24, 2.45) is 5.92 Å². The molecule has 1 fully saturated rings. The van der Waals surface area contributed by atoms with Crippen LogP contribution in [-0.4, -0.2) is 25.7 Å². The van der Waals surface area contributed by atoms with Gasteiger partial charge in [-0.1, -0.05) is 31.4 Å². The highest BCUT2D eigenvalue weighted by Crippen LogP contribution is 2.25. The molecule has 1 saturated carbocycles. The Morgan fingerprint density at radius 1 is 1.35 bits per heavy atom. The van der Waals surface area contributed by atoms with Crippen molar-refractivity contribution in [3.05, 3.63) is 12.2 Å². The molecule has 0 spiro atoms. The average Bonchev–Trinajstić information content (AvgIpc) is 2.29. The highest BCUT2D eigenvalue weighted by Gasteiger charge is 2.16. The summed E-state index contributed by atoms with van der Waals surface area (Å²) in [6.45, 7) is 7.45. The first-order valence-corrected chi connectivity index (χ1v) is 6.67. The third-order valence-corrected chi connectivity index (χ3v) is 3.12. The topological polar surface area (TPSA) is 38.3 Å². The Bertz CT molecular complexity index is 245. The fourth-order valence-corrected chi connectivity index (χ4v) is 2.23. The van der Waals surface area contributed by atoms with Gasteiger partial charge in [0.25, 0.3) is 0 Å². The van der Waals surface area contributed by atoms with E-state index in [1.165, 1.54) is 32.1 Å². The van der Waals surface area contributed by atoms with Gasteiger partial charge in [-0.25, -0.2) is 0 Å². The van der Waals surface area contributed by atoms with Gasteiger partial charge in [-0.3, -0.25) is 4.79 Å². The lowest BCUT2D eigenvalue weighted by molar-refractivity contribution is -0.122. The van der Waals surface area contributed by atoms with E-state index in [4.69, 9.17) is 4.74 Å². The molecule has 98 valence electrons. The van der Waals surface area contributed by atoms with E-state index in [2.05, 4.69) is 11.9 Å². The summed E-state index contributed by atoms with van der Waals surface area (Å²) >= 11 is 0. The number of carbonyl (C=O) groups excluding carboxylic acids is 1. The van der Waals surface area contributed by atoms with E-state index in [1.54, 1.807) is 0 Å². The number of ether oxygens (including phenoxy) is 1. The van der Waals surface area contributed by atoms with Crippen LogP contribution in [0.5, 0.6) is 0 Å². The molecule has 1 amide bonds. The maximum atomic E-state index is 11.6. The van der Waals surface area contributed by atoms with Crippen molar-refractivity contribution in [3.8, 4) is 0 Å². The van der Waals surface area contributed by atoms with Gasteiger partial charge in [0, 0.05) is 13.0 Å². The minimum atomic E-state index is 0.177. The van der Waals surface area contributed by atoms with Crippen molar-refractivity contribution in [1.29, 1.82) is 0 Å². The standard InChI is InChI=1S/C14H25NO2/c1-12(2)11-17-9-8-15-14(16)10-13-6-4-3-5-7-13/h13H,1,3-11H2,2H3,(H,15,16). The molecule has 0 aromatic heterocycles. The Morgan fingerprint density at radius 2 is 2.06 bits per heavy atom. The summed E-state index contributed by atoms with van der Waals surface area (Å²) in [6, 6.07) is 0. The highest BCUT2D eigenvalue weighted by atomic mass is 16.5. The number of rotatable bonds is 7. The van der Waals surface area contributed by atoms with Gasteiger partial charge in [0.05, 0.1) is 13.2 Å². The summed E-state index contributed by atoms with van der Waals surface area (Å²) < 4.78 is 5.32. The van der Waals surface area contributed by atoms with Crippen molar-refractivity contribution >= 4 is 5.91 Å². The van der Waals surface area contributed by atoms with Gasteiger partial charge in [-0.2, -0.15) is 0 Å². The van der Waals surface area contributed by atoms with Gasteiger partial charge < -0.3 is 10.1 Å². The zero-order chi connectivity index (χ0) is 12.5. The molecule has 0 unspecified atom stereocenters. The maximum absolute atomic E-state index is 11.6.